The average molecular weight is 279 g/mol. The summed E-state index contributed by atoms with van der Waals surface area (Å²) in [5, 5.41) is 9.11. The van der Waals surface area contributed by atoms with E-state index in [9.17, 15) is 17.2 Å². The molecule has 0 spiro atoms. The van der Waals surface area contributed by atoms with Crippen molar-refractivity contribution in [3.05, 3.63) is 35.4 Å². The second-order valence-electron chi connectivity index (χ2n) is 4.12. The zero-order valence-electron chi connectivity index (χ0n) is 10.1. The second kappa shape index (κ2) is 5.73. The molecule has 0 bridgehead atoms. The lowest BCUT2D eigenvalue weighted by molar-refractivity contribution is 0.171. The van der Waals surface area contributed by atoms with E-state index < -0.39 is 33.5 Å². The number of hydrogen-bond donors (Lipinski definition) is 1. The van der Waals surface area contributed by atoms with E-state index in [1.807, 2.05) is 0 Å². The Balaban J connectivity index is 2.88. The van der Waals surface area contributed by atoms with E-state index in [1.165, 1.54) is 14.0 Å². The summed E-state index contributed by atoms with van der Waals surface area (Å²) in [5.74, 6) is -2.22. The Labute approximate surface area is 105 Å². The molecule has 0 aliphatic heterocycles. The number of sulfonamides is 1. The molecule has 0 aromatic heterocycles. The van der Waals surface area contributed by atoms with Crippen LogP contribution in [-0.4, -0.2) is 37.5 Å². The molecule has 1 N–H and O–H groups in total. The summed E-state index contributed by atoms with van der Waals surface area (Å²) in [6, 6.07) is 2.74. The van der Waals surface area contributed by atoms with Gasteiger partial charge in [0.2, 0.25) is 10.0 Å². The highest BCUT2D eigenvalue weighted by atomic mass is 32.2. The van der Waals surface area contributed by atoms with Crippen molar-refractivity contribution in [2.75, 3.05) is 13.6 Å². The van der Waals surface area contributed by atoms with E-state index >= 15 is 0 Å². The predicted octanol–water partition coefficient (Wildman–Crippen LogP) is 1.11. The number of hydrogen-bond acceptors (Lipinski definition) is 3. The number of nitrogens with zero attached hydrogens (tertiary/aromatic N) is 1. The Morgan fingerprint density at radius 1 is 1.39 bits per heavy atom. The first-order valence-corrected chi connectivity index (χ1v) is 6.89. The zero-order valence-corrected chi connectivity index (χ0v) is 10.9. The van der Waals surface area contributed by atoms with Gasteiger partial charge in [0.25, 0.3) is 0 Å². The van der Waals surface area contributed by atoms with Gasteiger partial charge in [-0.2, -0.15) is 0 Å². The Morgan fingerprint density at radius 3 is 2.50 bits per heavy atom. The third-order valence-corrected chi connectivity index (χ3v) is 4.12. The van der Waals surface area contributed by atoms with Crippen LogP contribution in [0.3, 0.4) is 0 Å². The Hall–Kier alpha value is -1.05. The van der Waals surface area contributed by atoms with Crippen molar-refractivity contribution in [2.45, 2.75) is 18.8 Å². The van der Waals surface area contributed by atoms with E-state index in [2.05, 4.69) is 0 Å². The van der Waals surface area contributed by atoms with E-state index in [0.717, 1.165) is 16.4 Å². The molecule has 4 nitrogen and oxygen atoms in total. The molecule has 1 aromatic carbocycles. The number of aliphatic hydroxyl groups is 1. The van der Waals surface area contributed by atoms with Crippen molar-refractivity contribution < 1.29 is 22.3 Å². The molecule has 0 aliphatic rings. The predicted molar refractivity (Wildman–Crippen MR) is 63.3 cm³/mol. The van der Waals surface area contributed by atoms with E-state index in [4.69, 9.17) is 5.11 Å². The van der Waals surface area contributed by atoms with Crippen LogP contribution in [0.25, 0.3) is 0 Å². The van der Waals surface area contributed by atoms with Gasteiger partial charge in [-0.05, 0) is 13.0 Å². The molecular weight excluding hydrogens is 264 g/mol. The minimum Gasteiger partial charge on any atom is -0.392 e. The number of benzene rings is 1. The number of likely N-dealkylation sites (N-methyl/N-ethyl adjacent to an activating group) is 1. The van der Waals surface area contributed by atoms with Crippen LogP contribution in [0, 0.1) is 11.6 Å². The van der Waals surface area contributed by atoms with E-state index in [0.29, 0.717) is 6.07 Å². The van der Waals surface area contributed by atoms with Crippen LogP contribution in [0.4, 0.5) is 8.78 Å². The maximum atomic E-state index is 13.3. The Morgan fingerprint density at radius 2 is 2.00 bits per heavy atom. The molecule has 1 rings (SSSR count). The first-order valence-electron chi connectivity index (χ1n) is 5.28. The molecule has 0 fully saturated rings. The van der Waals surface area contributed by atoms with Gasteiger partial charge < -0.3 is 5.11 Å². The van der Waals surface area contributed by atoms with Crippen LogP contribution in [0.2, 0.25) is 0 Å². The average Bonchev–Trinajstić information content (AvgIpc) is 2.21. The molecular formula is C11H15F2NO3S. The van der Waals surface area contributed by atoms with Crippen molar-refractivity contribution in [1.29, 1.82) is 0 Å². The number of rotatable bonds is 5. The molecule has 102 valence electrons. The van der Waals surface area contributed by atoms with Gasteiger partial charge in [-0.1, -0.05) is 6.07 Å². The minimum atomic E-state index is -3.73. The molecule has 0 unspecified atom stereocenters. The van der Waals surface area contributed by atoms with Crippen molar-refractivity contribution in [3.8, 4) is 0 Å². The lowest BCUT2D eigenvalue weighted by Gasteiger charge is -2.18. The minimum absolute atomic E-state index is 0.0782. The largest absolute Gasteiger partial charge is 0.392 e. The van der Waals surface area contributed by atoms with Gasteiger partial charge in [0.15, 0.2) is 0 Å². The smallest absolute Gasteiger partial charge is 0.218 e. The zero-order chi connectivity index (χ0) is 13.9. The van der Waals surface area contributed by atoms with E-state index in [-0.39, 0.29) is 12.1 Å². The Bertz CT molecular complexity index is 517. The summed E-state index contributed by atoms with van der Waals surface area (Å²) in [5.41, 5.74) is -0.103. The summed E-state index contributed by atoms with van der Waals surface area (Å²) < 4.78 is 50.6. The van der Waals surface area contributed by atoms with Gasteiger partial charge >= 0.3 is 0 Å². The van der Waals surface area contributed by atoms with Crippen LogP contribution in [0.5, 0.6) is 0 Å². The Kier molecular flexibility index (Phi) is 4.78. The topological polar surface area (TPSA) is 57.6 Å². The molecule has 0 radical (unpaired) electrons. The summed E-state index contributed by atoms with van der Waals surface area (Å²) in [6.07, 6.45) is -0.817. The fraction of sp³-hybridized carbons (Fsp3) is 0.455. The number of aliphatic hydroxyl groups excluding tert-OH is 1. The second-order valence-corrected chi connectivity index (χ2v) is 6.20. The monoisotopic (exact) mass is 279 g/mol. The quantitative estimate of drug-likeness (QED) is 0.878. The molecule has 0 aliphatic carbocycles. The van der Waals surface area contributed by atoms with Crippen LogP contribution in [0.15, 0.2) is 18.2 Å². The molecule has 7 heteroatoms. The first kappa shape index (κ1) is 15.0. The molecule has 0 amide bonds. The molecule has 0 saturated heterocycles. The van der Waals surface area contributed by atoms with Crippen molar-refractivity contribution in [3.63, 3.8) is 0 Å². The maximum absolute atomic E-state index is 13.3. The van der Waals surface area contributed by atoms with Crippen molar-refractivity contribution >= 4 is 10.0 Å². The molecule has 18 heavy (non-hydrogen) atoms. The standard InChI is InChI=1S/C11H15F2NO3S/c1-8(15)6-14(2)18(16,17)7-9-3-4-10(12)5-11(9)13/h3-5,8,15H,6-7H2,1-2H3/t8-/m1/s1. The SMILES string of the molecule is C[C@@H](O)CN(C)S(=O)(=O)Cc1ccc(F)cc1F. The summed E-state index contributed by atoms with van der Waals surface area (Å²) >= 11 is 0. The van der Waals surface area contributed by atoms with Crippen LogP contribution < -0.4 is 0 Å². The summed E-state index contributed by atoms with van der Waals surface area (Å²) in [7, 11) is -2.44. The highest BCUT2D eigenvalue weighted by molar-refractivity contribution is 7.88. The van der Waals surface area contributed by atoms with Crippen LogP contribution in [0.1, 0.15) is 12.5 Å². The van der Waals surface area contributed by atoms with Crippen molar-refractivity contribution in [2.24, 2.45) is 0 Å². The normalized spacial score (nSPS) is 13.9. The van der Waals surface area contributed by atoms with Gasteiger partial charge in [-0.25, -0.2) is 21.5 Å². The first-order chi connectivity index (χ1) is 8.22. The van der Waals surface area contributed by atoms with Gasteiger partial charge in [0.1, 0.15) is 11.6 Å². The summed E-state index contributed by atoms with van der Waals surface area (Å²) in [4.78, 5) is 0. The maximum Gasteiger partial charge on any atom is 0.218 e. The molecule has 0 saturated carbocycles. The molecule has 1 atom stereocenters. The van der Waals surface area contributed by atoms with Crippen LogP contribution >= 0.6 is 0 Å². The number of halogens is 2. The van der Waals surface area contributed by atoms with Gasteiger partial charge in [-0.3, -0.25) is 0 Å². The van der Waals surface area contributed by atoms with E-state index in [1.54, 1.807) is 0 Å². The fourth-order valence-corrected chi connectivity index (χ4v) is 2.72. The van der Waals surface area contributed by atoms with Crippen molar-refractivity contribution in [1.82, 2.24) is 4.31 Å². The summed E-state index contributed by atoms with van der Waals surface area (Å²) in [6.45, 7) is 1.37. The van der Waals surface area contributed by atoms with Gasteiger partial charge in [0, 0.05) is 25.2 Å². The van der Waals surface area contributed by atoms with Gasteiger partial charge in [-0.15, -0.1) is 0 Å². The highest BCUT2D eigenvalue weighted by Crippen LogP contribution is 2.15. The lowest BCUT2D eigenvalue weighted by atomic mass is 10.2. The highest BCUT2D eigenvalue weighted by Gasteiger charge is 2.21. The van der Waals surface area contributed by atoms with Crippen LogP contribution in [-0.2, 0) is 15.8 Å². The third kappa shape index (κ3) is 4.01. The molecule has 1 aromatic rings. The van der Waals surface area contributed by atoms with Gasteiger partial charge in [0.05, 0.1) is 11.9 Å². The lowest BCUT2D eigenvalue weighted by Crippen LogP contribution is -2.34. The fourth-order valence-electron chi connectivity index (χ4n) is 1.43. The molecule has 0 heterocycles. The third-order valence-electron chi connectivity index (χ3n) is 2.35.